The fraction of sp³-hybridized carbons (Fsp3) is 0.673. The molecule has 1 aliphatic rings. The van der Waals surface area contributed by atoms with Crippen LogP contribution >= 0.6 is 7.82 Å². The van der Waals surface area contributed by atoms with Crippen LogP contribution in [-0.2, 0) is 32.7 Å². The summed E-state index contributed by atoms with van der Waals surface area (Å²) >= 11 is 0. The summed E-state index contributed by atoms with van der Waals surface area (Å²) < 4.78 is 33.3. The first-order valence-electron chi connectivity index (χ1n) is 23.5. The number of phosphoric ester groups is 1. The van der Waals surface area contributed by atoms with Crippen molar-refractivity contribution >= 4 is 19.8 Å². The number of unbranched alkanes of at least 4 members (excludes halogenated alkanes) is 11. The average Bonchev–Trinajstić information content (AvgIpc) is 3.27. The van der Waals surface area contributed by atoms with E-state index >= 15 is 0 Å². The number of phosphoric acid groups is 1. The molecule has 0 bridgehead atoms. The minimum Gasteiger partial charge on any atom is -0.462 e. The second-order valence-corrected chi connectivity index (χ2v) is 17.5. The molecular weight excluding hydrogens is 843 g/mol. The summed E-state index contributed by atoms with van der Waals surface area (Å²) in [6, 6.07) is 0. The molecule has 0 aromatic rings. The number of aliphatic hydroxyl groups is 6. The molecule has 9 atom stereocenters. The molecule has 0 spiro atoms. The lowest BCUT2D eigenvalue weighted by Gasteiger charge is -2.41. The van der Waals surface area contributed by atoms with E-state index in [0.717, 1.165) is 64.2 Å². The summed E-state index contributed by atoms with van der Waals surface area (Å²) in [5.74, 6) is -1.40. The van der Waals surface area contributed by atoms with Gasteiger partial charge in [0.05, 0.1) is 12.7 Å². The molecule has 1 rings (SSSR count). The quantitative estimate of drug-likeness (QED) is 0.0102. The second kappa shape index (κ2) is 38.1. The molecule has 15 heteroatoms. The highest BCUT2D eigenvalue weighted by Crippen LogP contribution is 2.47. The summed E-state index contributed by atoms with van der Waals surface area (Å²) in [6.45, 7) is 2.96. The molecule has 1 aliphatic carbocycles. The van der Waals surface area contributed by atoms with Crippen molar-refractivity contribution in [1.82, 2.24) is 0 Å². The maximum absolute atomic E-state index is 12.8. The van der Waals surface area contributed by atoms with E-state index in [0.29, 0.717) is 12.8 Å². The van der Waals surface area contributed by atoms with E-state index in [2.05, 4.69) is 68.5 Å². The Kier molecular flexibility index (Phi) is 35.2. The van der Waals surface area contributed by atoms with Gasteiger partial charge in [0.15, 0.2) is 6.10 Å². The van der Waals surface area contributed by atoms with Gasteiger partial charge in [0.1, 0.15) is 43.2 Å². The Morgan fingerprint density at radius 1 is 0.578 bits per heavy atom. The number of hydrogen-bond acceptors (Lipinski definition) is 13. The summed E-state index contributed by atoms with van der Waals surface area (Å²) in [4.78, 5) is 35.7. The van der Waals surface area contributed by atoms with Crippen LogP contribution in [0.25, 0.3) is 0 Å². The topological polar surface area (TPSA) is 230 Å². The van der Waals surface area contributed by atoms with E-state index in [1.54, 1.807) is 12.2 Å². The lowest BCUT2D eigenvalue weighted by atomic mass is 9.85. The maximum Gasteiger partial charge on any atom is 0.472 e. The second-order valence-electron chi connectivity index (χ2n) is 16.1. The van der Waals surface area contributed by atoms with E-state index in [-0.39, 0.29) is 19.3 Å². The molecule has 1 fully saturated rings. The Morgan fingerprint density at radius 2 is 1.08 bits per heavy atom. The smallest absolute Gasteiger partial charge is 0.462 e. The van der Waals surface area contributed by atoms with Gasteiger partial charge >= 0.3 is 19.8 Å². The molecule has 14 nitrogen and oxygen atoms in total. The number of carbonyl (C=O) groups excluding carboxylic acids is 2. The number of carbonyl (C=O) groups is 2. The molecule has 0 aliphatic heterocycles. The Morgan fingerprint density at radius 3 is 1.64 bits per heavy atom. The van der Waals surface area contributed by atoms with Crippen LogP contribution < -0.4 is 0 Å². The van der Waals surface area contributed by atoms with E-state index in [1.165, 1.54) is 44.6 Å². The zero-order chi connectivity index (χ0) is 47.3. The van der Waals surface area contributed by atoms with Crippen molar-refractivity contribution in [3.05, 3.63) is 85.1 Å². The summed E-state index contributed by atoms with van der Waals surface area (Å²) in [6.07, 6.45) is 32.3. The fourth-order valence-corrected chi connectivity index (χ4v) is 7.48. The third-order valence-electron chi connectivity index (χ3n) is 10.3. The molecule has 7 N–H and O–H groups in total. The third-order valence-corrected chi connectivity index (χ3v) is 11.3. The molecule has 366 valence electrons. The molecule has 0 aromatic carbocycles. The molecular formula is C49H81O14P. The van der Waals surface area contributed by atoms with E-state index in [4.69, 9.17) is 18.5 Å². The maximum atomic E-state index is 12.8. The van der Waals surface area contributed by atoms with Crippen LogP contribution in [0.5, 0.6) is 0 Å². The Labute approximate surface area is 382 Å². The lowest BCUT2D eigenvalue weighted by Crippen LogP contribution is -2.64. The normalized spacial score (nSPS) is 22.8. The van der Waals surface area contributed by atoms with Crippen molar-refractivity contribution in [2.75, 3.05) is 13.2 Å². The largest absolute Gasteiger partial charge is 0.472 e. The van der Waals surface area contributed by atoms with E-state index in [9.17, 15) is 49.7 Å². The summed E-state index contributed by atoms with van der Waals surface area (Å²) in [5, 5.41) is 60.5. The summed E-state index contributed by atoms with van der Waals surface area (Å²) in [5.41, 5.74) is 0. The van der Waals surface area contributed by atoms with Crippen molar-refractivity contribution in [3.8, 4) is 0 Å². The number of rotatable bonds is 37. The van der Waals surface area contributed by atoms with Crippen LogP contribution in [0.4, 0.5) is 0 Å². The van der Waals surface area contributed by atoms with Gasteiger partial charge in [0, 0.05) is 12.8 Å². The Bertz CT molecular complexity index is 1460. The van der Waals surface area contributed by atoms with Crippen LogP contribution in [0.2, 0.25) is 0 Å². The van der Waals surface area contributed by atoms with Gasteiger partial charge in [-0.2, -0.15) is 0 Å². The highest BCUT2D eigenvalue weighted by molar-refractivity contribution is 7.47. The van der Waals surface area contributed by atoms with Crippen LogP contribution in [0.15, 0.2) is 85.1 Å². The van der Waals surface area contributed by atoms with Crippen molar-refractivity contribution < 1.29 is 68.2 Å². The highest BCUT2D eigenvalue weighted by Gasteiger charge is 2.51. The monoisotopic (exact) mass is 925 g/mol. The van der Waals surface area contributed by atoms with Crippen molar-refractivity contribution in [1.29, 1.82) is 0 Å². The Hall–Kier alpha value is -3.01. The zero-order valence-corrected chi connectivity index (χ0v) is 39.3. The first-order valence-corrected chi connectivity index (χ1v) is 25.0. The minimum atomic E-state index is -5.19. The number of hydrogen-bond donors (Lipinski definition) is 7. The van der Waals surface area contributed by atoms with Crippen LogP contribution in [0.1, 0.15) is 149 Å². The Balaban J connectivity index is 2.58. The number of allylic oxidation sites excluding steroid dienone is 13. The first-order chi connectivity index (χ1) is 30.8. The molecule has 0 amide bonds. The van der Waals surface area contributed by atoms with Gasteiger partial charge in [0.25, 0.3) is 0 Å². The highest BCUT2D eigenvalue weighted by atomic mass is 31.2. The fourth-order valence-electron chi connectivity index (χ4n) is 6.51. The van der Waals surface area contributed by atoms with Gasteiger partial charge in [0.2, 0.25) is 0 Å². The standard InChI is InChI=1S/C49H81O14P/c1-3-5-7-9-11-13-15-17-19-21-22-24-26-28-30-32-34-40(50)36-37-43(52)62-41(39-61-64(58,59)63-49-47(56)45(54)44(53)46(55)48(49)57)38-60-42(51)35-33-31-29-27-25-23-20-18-16-14-12-10-8-6-4-2/h5,7,11,13,17-20,22,24,28,30,32,34,40-41,44-50,53-57H,3-4,6,8-10,12,14-16,21,23,25-27,29,31,33,35-39H2,1-2H3,(H,58,59)/b7-5-,13-11-,19-17-,20-18-,24-22-,30-28-,34-32-/t40?,41-,44?,45-,46+,47-,48-,49?/m1/s1. The van der Waals surface area contributed by atoms with Crippen LogP contribution in [0.3, 0.4) is 0 Å². The van der Waals surface area contributed by atoms with Gasteiger partial charge in [-0.05, 0) is 70.6 Å². The average molecular weight is 925 g/mol. The van der Waals surface area contributed by atoms with Crippen molar-refractivity contribution in [2.45, 2.75) is 198 Å². The van der Waals surface area contributed by atoms with Crippen molar-refractivity contribution in [2.24, 2.45) is 0 Å². The van der Waals surface area contributed by atoms with Gasteiger partial charge in [-0.15, -0.1) is 0 Å². The van der Waals surface area contributed by atoms with Crippen LogP contribution in [-0.4, -0.2) is 110 Å². The molecule has 0 heterocycles. The van der Waals surface area contributed by atoms with Crippen LogP contribution in [0, 0.1) is 0 Å². The number of ether oxygens (including phenoxy) is 2. The lowest BCUT2D eigenvalue weighted by molar-refractivity contribution is -0.220. The zero-order valence-electron chi connectivity index (χ0n) is 38.4. The van der Waals surface area contributed by atoms with E-state index in [1.807, 2.05) is 12.2 Å². The molecule has 0 aromatic heterocycles. The SMILES string of the molecule is CC/C=C\C/C=C\C/C=C\C/C=C\C/C=C\C=C/C(O)CCC(=O)O[C@H](COC(=O)CCCCCCC/C=C\CCCCCCCC)COP(=O)(O)OC1[C@H](O)[C@H](O)C(O)[C@H](O)[C@H]1O. The first kappa shape index (κ1) is 59.0. The van der Waals surface area contributed by atoms with Crippen molar-refractivity contribution in [3.63, 3.8) is 0 Å². The van der Waals surface area contributed by atoms with Gasteiger partial charge in [-0.3, -0.25) is 18.6 Å². The predicted molar refractivity (Wildman–Crippen MR) is 250 cm³/mol. The molecule has 4 unspecified atom stereocenters. The van der Waals surface area contributed by atoms with Gasteiger partial charge in [-0.1, -0.05) is 150 Å². The summed E-state index contributed by atoms with van der Waals surface area (Å²) in [7, 11) is -5.19. The molecule has 0 radical (unpaired) electrons. The molecule has 64 heavy (non-hydrogen) atoms. The molecule has 0 saturated heterocycles. The van der Waals surface area contributed by atoms with Gasteiger partial charge < -0.3 is 45.0 Å². The van der Waals surface area contributed by atoms with Gasteiger partial charge in [-0.25, -0.2) is 4.57 Å². The number of aliphatic hydroxyl groups excluding tert-OH is 6. The van der Waals surface area contributed by atoms with E-state index < -0.39 is 81.8 Å². The minimum absolute atomic E-state index is 0.0154. The third kappa shape index (κ3) is 30.2. The predicted octanol–water partition coefficient (Wildman–Crippen LogP) is 8.25. The number of esters is 2. The molecule has 1 saturated carbocycles.